The molecule has 1 saturated carbocycles. The average molecular weight is 366 g/mol. The average Bonchev–Trinajstić information content (AvgIpc) is 2.56. The van der Waals surface area contributed by atoms with Gasteiger partial charge in [-0.3, -0.25) is 4.90 Å². The first-order valence-electron chi connectivity index (χ1n) is 8.05. The lowest BCUT2D eigenvalue weighted by atomic mass is 9.87. The zero-order chi connectivity index (χ0) is 18.2. The number of rotatable bonds is 3. The normalized spacial score (nSPS) is 20.3. The Morgan fingerprint density at radius 3 is 2.56 bits per heavy atom. The Hall–Kier alpha value is -2.33. The summed E-state index contributed by atoms with van der Waals surface area (Å²) in [5.74, 6) is 0.0756. The molecule has 10 heteroatoms. The highest BCUT2D eigenvalue weighted by atomic mass is 32.2. The number of nitrogens with one attached hydrogen (secondary N) is 1. The van der Waals surface area contributed by atoms with Crippen molar-refractivity contribution in [1.82, 2.24) is 4.72 Å². The lowest BCUT2D eigenvalue weighted by Gasteiger charge is -2.45. The number of phenols is 1. The van der Waals surface area contributed by atoms with Crippen LogP contribution in [-0.2, 0) is 10.0 Å². The summed E-state index contributed by atoms with van der Waals surface area (Å²) >= 11 is 0. The molecule has 2 aliphatic rings. The van der Waals surface area contributed by atoms with Gasteiger partial charge in [-0.05, 0) is 50.9 Å². The highest BCUT2D eigenvalue weighted by molar-refractivity contribution is 7.89. The van der Waals surface area contributed by atoms with Gasteiger partial charge in [0.2, 0.25) is 21.9 Å². The summed E-state index contributed by atoms with van der Waals surface area (Å²) < 4.78 is 26.5. The topological polar surface area (TPSA) is 146 Å². The number of benzene rings is 1. The van der Waals surface area contributed by atoms with Crippen molar-refractivity contribution < 1.29 is 13.5 Å². The van der Waals surface area contributed by atoms with E-state index in [0.29, 0.717) is 12.8 Å². The lowest BCUT2D eigenvalue weighted by molar-refractivity contribution is 0.303. The van der Waals surface area contributed by atoms with Crippen LogP contribution in [0.3, 0.4) is 0 Å². The predicted molar refractivity (Wildman–Crippen MR) is 95.9 cm³/mol. The van der Waals surface area contributed by atoms with Crippen LogP contribution in [0, 0.1) is 0 Å². The second-order valence-electron chi connectivity index (χ2n) is 6.18. The molecule has 25 heavy (non-hydrogen) atoms. The molecule has 0 atom stereocenters. The molecule has 0 saturated heterocycles. The van der Waals surface area contributed by atoms with Crippen LogP contribution in [0.25, 0.3) is 0 Å². The number of sulfonamides is 1. The molecular formula is C15H22N6O3S. The van der Waals surface area contributed by atoms with Crippen molar-refractivity contribution >= 4 is 27.6 Å². The van der Waals surface area contributed by atoms with Crippen LogP contribution in [-0.4, -0.2) is 38.2 Å². The van der Waals surface area contributed by atoms with E-state index in [9.17, 15) is 13.5 Å². The van der Waals surface area contributed by atoms with Gasteiger partial charge in [-0.25, -0.2) is 18.1 Å². The molecule has 1 fully saturated rings. The van der Waals surface area contributed by atoms with Crippen LogP contribution in [0.1, 0.15) is 32.1 Å². The van der Waals surface area contributed by atoms with Gasteiger partial charge in [0.25, 0.3) is 0 Å². The number of anilines is 1. The van der Waals surface area contributed by atoms with E-state index >= 15 is 0 Å². The van der Waals surface area contributed by atoms with Crippen molar-refractivity contribution in [2.45, 2.75) is 42.7 Å². The van der Waals surface area contributed by atoms with Crippen LogP contribution in [0.2, 0.25) is 0 Å². The summed E-state index contributed by atoms with van der Waals surface area (Å²) in [6.45, 7) is 0. The quantitative estimate of drug-likeness (QED) is 0.609. The van der Waals surface area contributed by atoms with E-state index < -0.39 is 15.7 Å². The Morgan fingerprint density at radius 1 is 1.24 bits per heavy atom. The van der Waals surface area contributed by atoms with Crippen LogP contribution < -0.4 is 21.1 Å². The summed E-state index contributed by atoms with van der Waals surface area (Å²) in [6.07, 6.45) is 4.30. The van der Waals surface area contributed by atoms with E-state index in [4.69, 9.17) is 11.5 Å². The maximum atomic E-state index is 12.1. The van der Waals surface area contributed by atoms with Gasteiger partial charge in [-0.1, -0.05) is 6.42 Å². The first-order valence-corrected chi connectivity index (χ1v) is 9.54. The van der Waals surface area contributed by atoms with Gasteiger partial charge >= 0.3 is 0 Å². The van der Waals surface area contributed by atoms with Gasteiger partial charge in [0.15, 0.2) is 0 Å². The van der Waals surface area contributed by atoms with Crippen LogP contribution in [0.15, 0.2) is 33.1 Å². The third-order valence-electron chi connectivity index (χ3n) is 4.62. The number of hydrogen-bond donors (Lipinski definition) is 4. The third kappa shape index (κ3) is 3.02. The largest absolute Gasteiger partial charge is 0.506 e. The summed E-state index contributed by atoms with van der Waals surface area (Å²) in [5.41, 5.74) is 11.4. The number of phenolic OH excluding ortho intramolecular Hbond substituents is 1. The van der Waals surface area contributed by atoms with E-state index in [-0.39, 0.29) is 28.3 Å². The number of nitrogens with zero attached hydrogens (tertiary/aromatic N) is 3. The minimum atomic E-state index is -3.68. The molecule has 1 aromatic carbocycles. The zero-order valence-electron chi connectivity index (χ0n) is 13.9. The van der Waals surface area contributed by atoms with Crippen molar-refractivity contribution in [1.29, 1.82) is 0 Å². The summed E-state index contributed by atoms with van der Waals surface area (Å²) in [6, 6.07) is 4.02. The molecule has 1 aromatic rings. The van der Waals surface area contributed by atoms with Crippen LogP contribution >= 0.6 is 0 Å². The number of aromatic hydroxyl groups is 1. The first-order chi connectivity index (χ1) is 11.8. The molecule has 0 unspecified atom stereocenters. The summed E-state index contributed by atoms with van der Waals surface area (Å²) in [7, 11) is -2.35. The number of hydrogen-bond acceptors (Lipinski definition) is 8. The Bertz CT molecular complexity index is 843. The Kier molecular flexibility index (Phi) is 4.33. The maximum absolute atomic E-state index is 12.1. The number of guanidine groups is 2. The van der Waals surface area contributed by atoms with Gasteiger partial charge < -0.3 is 16.6 Å². The molecule has 0 radical (unpaired) electrons. The van der Waals surface area contributed by atoms with Crippen molar-refractivity contribution in [3.05, 3.63) is 18.2 Å². The number of aliphatic imine (C=N–C) groups is 2. The van der Waals surface area contributed by atoms with Gasteiger partial charge in [-0.15, -0.1) is 0 Å². The molecule has 6 N–H and O–H groups in total. The second kappa shape index (κ2) is 6.19. The summed E-state index contributed by atoms with van der Waals surface area (Å²) in [4.78, 5) is 10.1. The van der Waals surface area contributed by atoms with Gasteiger partial charge in [0.05, 0.1) is 10.6 Å². The molecule has 1 spiro atoms. The Morgan fingerprint density at radius 2 is 1.92 bits per heavy atom. The second-order valence-corrected chi connectivity index (χ2v) is 8.06. The monoisotopic (exact) mass is 366 g/mol. The van der Waals surface area contributed by atoms with Gasteiger partial charge in [0, 0.05) is 0 Å². The minimum Gasteiger partial charge on any atom is -0.506 e. The number of nitrogens with two attached hydrogens (primary N) is 2. The van der Waals surface area contributed by atoms with E-state index in [1.54, 1.807) is 4.90 Å². The fraction of sp³-hybridized carbons (Fsp3) is 0.467. The van der Waals surface area contributed by atoms with E-state index in [0.717, 1.165) is 19.3 Å². The molecule has 3 rings (SSSR count). The highest BCUT2D eigenvalue weighted by Gasteiger charge is 2.43. The van der Waals surface area contributed by atoms with Crippen molar-refractivity contribution in [2.75, 3.05) is 11.9 Å². The van der Waals surface area contributed by atoms with Crippen molar-refractivity contribution in [3.63, 3.8) is 0 Å². The van der Waals surface area contributed by atoms with Crippen LogP contribution in [0.5, 0.6) is 5.75 Å². The Labute approximate surface area is 146 Å². The third-order valence-corrected chi connectivity index (χ3v) is 6.03. The molecule has 9 nitrogen and oxygen atoms in total. The first kappa shape index (κ1) is 17.5. The molecular weight excluding hydrogens is 344 g/mol. The van der Waals surface area contributed by atoms with E-state index in [1.165, 1.54) is 25.2 Å². The minimum absolute atomic E-state index is 0.0177. The molecule has 0 aromatic heterocycles. The van der Waals surface area contributed by atoms with Crippen molar-refractivity contribution in [2.24, 2.45) is 21.5 Å². The lowest BCUT2D eigenvalue weighted by Crippen LogP contribution is -2.58. The SMILES string of the molecule is CNS(=O)(=O)c1ccc(O)c(N2C(N)=NC(N)=NC23CCCCC3)c1. The molecule has 0 amide bonds. The fourth-order valence-corrected chi connectivity index (χ4v) is 4.19. The van der Waals surface area contributed by atoms with Crippen LogP contribution in [0.4, 0.5) is 5.69 Å². The standard InChI is InChI=1S/C15H22N6O3S/c1-18-25(23,24)10-5-6-12(22)11(9-10)21-14(17)19-13(16)20-15(21)7-3-2-4-8-15/h5-6,9,18,22H,2-4,7-8H2,1H3,(H4,16,17,19,20). The molecule has 1 aliphatic carbocycles. The predicted octanol–water partition coefficient (Wildman–Crippen LogP) is 0.410. The van der Waals surface area contributed by atoms with Crippen molar-refractivity contribution in [3.8, 4) is 5.75 Å². The van der Waals surface area contributed by atoms with E-state index in [2.05, 4.69) is 14.7 Å². The smallest absolute Gasteiger partial charge is 0.240 e. The maximum Gasteiger partial charge on any atom is 0.240 e. The highest BCUT2D eigenvalue weighted by Crippen LogP contribution is 2.42. The molecule has 1 heterocycles. The molecule has 1 aliphatic heterocycles. The van der Waals surface area contributed by atoms with E-state index in [1.807, 2.05) is 0 Å². The Balaban J connectivity index is 2.16. The van der Waals surface area contributed by atoms with Gasteiger partial charge in [-0.2, -0.15) is 4.99 Å². The summed E-state index contributed by atoms with van der Waals surface area (Å²) in [5, 5.41) is 10.4. The van der Waals surface area contributed by atoms with Gasteiger partial charge in [0.1, 0.15) is 11.4 Å². The fourth-order valence-electron chi connectivity index (χ4n) is 3.44. The zero-order valence-corrected chi connectivity index (χ0v) is 14.8. The molecule has 136 valence electrons. The molecule has 0 bridgehead atoms.